The minimum atomic E-state index is 0.705. The lowest BCUT2D eigenvalue weighted by atomic mass is 10.2. The average Bonchev–Trinajstić information content (AvgIpc) is 2.53. The van der Waals surface area contributed by atoms with E-state index in [-0.39, 0.29) is 0 Å². The van der Waals surface area contributed by atoms with Crippen molar-refractivity contribution < 1.29 is 4.74 Å². The van der Waals surface area contributed by atoms with Gasteiger partial charge in [-0.3, -0.25) is 4.98 Å². The Morgan fingerprint density at radius 1 is 1.05 bits per heavy atom. The molecule has 0 radical (unpaired) electrons. The van der Waals surface area contributed by atoms with Gasteiger partial charge in [0, 0.05) is 11.1 Å². The first kappa shape index (κ1) is 13.4. The van der Waals surface area contributed by atoms with Gasteiger partial charge in [-0.1, -0.05) is 24.3 Å². The lowest BCUT2D eigenvalue weighted by molar-refractivity contribution is 0.412. The quantitative estimate of drug-likeness (QED) is 0.778. The molecule has 0 amide bonds. The summed E-state index contributed by atoms with van der Waals surface area (Å²) in [4.78, 5) is 4.66. The number of fused-ring (bicyclic) bond motifs is 1. The second-order valence-electron chi connectivity index (χ2n) is 5.03. The fourth-order valence-electron chi connectivity index (χ4n) is 2.39. The largest absolute Gasteiger partial charge is 0.496 e. The number of methoxy groups -OCH3 is 1. The Morgan fingerprint density at radius 3 is 2.71 bits per heavy atom. The minimum absolute atomic E-state index is 0.705. The third kappa shape index (κ3) is 2.97. The Balaban J connectivity index is 1.75. The van der Waals surface area contributed by atoms with Crippen LogP contribution in [-0.4, -0.2) is 12.1 Å². The molecule has 0 saturated heterocycles. The number of pyridine rings is 1. The molecule has 1 heterocycles. The highest BCUT2D eigenvalue weighted by atomic mass is 16.5. The Hall–Kier alpha value is -2.55. The third-order valence-corrected chi connectivity index (χ3v) is 3.52. The lowest BCUT2D eigenvalue weighted by Gasteiger charge is -2.10. The van der Waals surface area contributed by atoms with Crippen molar-refractivity contribution >= 4 is 16.6 Å². The highest BCUT2D eigenvalue weighted by Crippen LogP contribution is 2.22. The van der Waals surface area contributed by atoms with Gasteiger partial charge in [0.1, 0.15) is 5.75 Å². The maximum Gasteiger partial charge on any atom is 0.121 e. The third-order valence-electron chi connectivity index (χ3n) is 3.52. The minimum Gasteiger partial charge on any atom is -0.496 e. The molecule has 0 bridgehead atoms. The molecule has 3 heteroatoms. The van der Waals surface area contributed by atoms with E-state index in [1.54, 1.807) is 7.11 Å². The Kier molecular flexibility index (Phi) is 3.73. The molecule has 1 N–H and O–H groups in total. The molecular weight excluding hydrogens is 260 g/mol. The van der Waals surface area contributed by atoms with E-state index in [0.29, 0.717) is 6.54 Å². The second kappa shape index (κ2) is 5.83. The molecule has 3 nitrogen and oxygen atoms in total. The molecule has 0 spiro atoms. The van der Waals surface area contributed by atoms with E-state index in [0.717, 1.165) is 28.2 Å². The van der Waals surface area contributed by atoms with Crippen LogP contribution in [0.2, 0.25) is 0 Å². The molecule has 0 unspecified atom stereocenters. The highest BCUT2D eigenvalue weighted by Gasteiger charge is 2.01. The van der Waals surface area contributed by atoms with E-state index in [9.17, 15) is 0 Å². The van der Waals surface area contributed by atoms with Crippen molar-refractivity contribution in [3.05, 3.63) is 65.9 Å². The molecule has 0 aliphatic heterocycles. The molecule has 1 aromatic heterocycles. The van der Waals surface area contributed by atoms with Crippen LogP contribution in [0.15, 0.2) is 54.6 Å². The number of nitrogens with one attached hydrogen (secondary N) is 1. The van der Waals surface area contributed by atoms with E-state index in [1.165, 1.54) is 5.39 Å². The molecule has 3 rings (SSSR count). The molecule has 0 fully saturated rings. The zero-order valence-corrected chi connectivity index (χ0v) is 12.3. The fourth-order valence-corrected chi connectivity index (χ4v) is 2.39. The van der Waals surface area contributed by atoms with Crippen LogP contribution in [0.25, 0.3) is 10.9 Å². The van der Waals surface area contributed by atoms with E-state index in [2.05, 4.69) is 34.6 Å². The number of ether oxygens (including phenoxy) is 1. The smallest absolute Gasteiger partial charge is 0.121 e. The van der Waals surface area contributed by atoms with Crippen LogP contribution in [0.5, 0.6) is 5.75 Å². The second-order valence-corrected chi connectivity index (χ2v) is 5.03. The summed E-state index contributed by atoms with van der Waals surface area (Å²) in [5.74, 6) is 0.907. The SMILES string of the molecule is COc1ccc(NCc2ccc3ccccc3n2)cc1C. The van der Waals surface area contributed by atoms with Crippen molar-refractivity contribution in [1.82, 2.24) is 4.98 Å². The maximum absolute atomic E-state index is 5.27. The van der Waals surface area contributed by atoms with E-state index < -0.39 is 0 Å². The number of anilines is 1. The molecule has 0 atom stereocenters. The first-order chi connectivity index (χ1) is 10.3. The predicted molar refractivity (Wildman–Crippen MR) is 86.8 cm³/mol. The van der Waals surface area contributed by atoms with Crippen LogP contribution in [0.4, 0.5) is 5.69 Å². The number of hydrogen-bond donors (Lipinski definition) is 1. The topological polar surface area (TPSA) is 34.1 Å². The number of hydrogen-bond acceptors (Lipinski definition) is 3. The van der Waals surface area contributed by atoms with E-state index in [1.807, 2.05) is 37.3 Å². The van der Waals surface area contributed by atoms with Gasteiger partial charge in [-0.05, 0) is 42.8 Å². The van der Waals surface area contributed by atoms with Crippen LogP contribution in [0.3, 0.4) is 0 Å². The molecule has 106 valence electrons. The first-order valence-corrected chi connectivity index (χ1v) is 6.99. The zero-order chi connectivity index (χ0) is 14.7. The summed E-state index contributed by atoms with van der Waals surface area (Å²) in [6.07, 6.45) is 0. The van der Waals surface area contributed by atoms with Crippen molar-refractivity contribution in [2.24, 2.45) is 0 Å². The average molecular weight is 278 g/mol. The van der Waals surface area contributed by atoms with Crippen LogP contribution >= 0.6 is 0 Å². The number of aryl methyl sites for hydroxylation is 1. The number of rotatable bonds is 4. The predicted octanol–water partition coefficient (Wildman–Crippen LogP) is 4.16. The monoisotopic (exact) mass is 278 g/mol. The van der Waals surface area contributed by atoms with Gasteiger partial charge >= 0.3 is 0 Å². The van der Waals surface area contributed by atoms with Gasteiger partial charge in [0.2, 0.25) is 0 Å². The van der Waals surface area contributed by atoms with Crippen LogP contribution in [0, 0.1) is 6.92 Å². The van der Waals surface area contributed by atoms with Gasteiger partial charge in [0.25, 0.3) is 0 Å². The van der Waals surface area contributed by atoms with Crippen molar-refractivity contribution in [2.45, 2.75) is 13.5 Å². The Bertz CT molecular complexity index is 768. The summed E-state index contributed by atoms with van der Waals surface area (Å²) >= 11 is 0. The van der Waals surface area contributed by atoms with Gasteiger partial charge in [0.05, 0.1) is 24.9 Å². The lowest BCUT2D eigenvalue weighted by Crippen LogP contribution is -2.02. The van der Waals surface area contributed by atoms with Gasteiger partial charge in [-0.15, -0.1) is 0 Å². The van der Waals surface area contributed by atoms with Crippen molar-refractivity contribution in [3.8, 4) is 5.75 Å². The van der Waals surface area contributed by atoms with Crippen LogP contribution in [-0.2, 0) is 6.54 Å². The summed E-state index contributed by atoms with van der Waals surface area (Å²) < 4.78 is 5.27. The molecule has 21 heavy (non-hydrogen) atoms. The number of benzene rings is 2. The summed E-state index contributed by atoms with van der Waals surface area (Å²) in [6.45, 7) is 2.74. The molecular formula is C18H18N2O. The Morgan fingerprint density at radius 2 is 1.90 bits per heavy atom. The van der Waals surface area contributed by atoms with Crippen LogP contribution in [0.1, 0.15) is 11.3 Å². The summed E-state index contributed by atoms with van der Waals surface area (Å²) in [6, 6.07) is 18.4. The first-order valence-electron chi connectivity index (χ1n) is 6.99. The molecule has 0 saturated carbocycles. The fraction of sp³-hybridized carbons (Fsp3) is 0.167. The summed E-state index contributed by atoms with van der Waals surface area (Å²) in [5.41, 5.74) is 4.25. The highest BCUT2D eigenvalue weighted by molar-refractivity contribution is 5.78. The normalized spacial score (nSPS) is 10.6. The van der Waals surface area contributed by atoms with Crippen LogP contribution < -0.4 is 10.1 Å². The molecule has 2 aromatic carbocycles. The number of nitrogens with zero attached hydrogens (tertiary/aromatic N) is 1. The number of para-hydroxylation sites is 1. The molecule has 0 aliphatic rings. The maximum atomic E-state index is 5.27. The van der Waals surface area contributed by atoms with E-state index >= 15 is 0 Å². The summed E-state index contributed by atoms with van der Waals surface area (Å²) in [7, 11) is 1.69. The zero-order valence-electron chi connectivity index (χ0n) is 12.3. The van der Waals surface area contributed by atoms with Gasteiger partial charge in [-0.2, -0.15) is 0 Å². The van der Waals surface area contributed by atoms with Crippen molar-refractivity contribution in [1.29, 1.82) is 0 Å². The summed E-state index contributed by atoms with van der Waals surface area (Å²) in [5, 5.41) is 4.57. The molecule has 3 aromatic rings. The van der Waals surface area contributed by atoms with Crippen molar-refractivity contribution in [2.75, 3.05) is 12.4 Å². The van der Waals surface area contributed by atoms with Gasteiger partial charge in [-0.25, -0.2) is 0 Å². The van der Waals surface area contributed by atoms with Gasteiger partial charge < -0.3 is 10.1 Å². The van der Waals surface area contributed by atoms with E-state index in [4.69, 9.17) is 4.74 Å². The Labute approximate surface area is 124 Å². The molecule has 0 aliphatic carbocycles. The van der Waals surface area contributed by atoms with Crippen molar-refractivity contribution in [3.63, 3.8) is 0 Å². The van der Waals surface area contributed by atoms with Gasteiger partial charge in [0.15, 0.2) is 0 Å². The standard InChI is InChI=1S/C18H18N2O/c1-13-11-15(9-10-18(13)21-2)19-12-16-8-7-14-5-3-4-6-17(14)20-16/h3-11,19H,12H2,1-2H3. The number of aromatic nitrogens is 1.